The Morgan fingerprint density at radius 1 is 1.03 bits per heavy atom. The van der Waals surface area contributed by atoms with Gasteiger partial charge < -0.3 is 15.3 Å². The van der Waals surface area contributed by atoms with E-state index in [-0.39, 0.29) is 36.1 Å². The minimum Gasteiger partial charge on any atom is -0.503 e. The molecule has 4 rings (SSSR count). The van der Waals surface area contributed by atoms with Crippen LogP contribution in [0.2, 0.25) is 0 Å². The van der Waals surface area contributed by atoms with Gasteiger partial charge in [0, 0.05) is 19.1 Å². The monoisotopic (exact) mass is 497 g/mol. The molecule has 1 fully saturated rings. The van der Waals surface area contributed by atoms with E-state index in [4.69, 9.17) is 0 Å². The molecule has 8 nitrogen and oxygen atoms in total. The second kappa shape index (κ2) is 10.6. The van der Waals surface area contributed by atoms with E-state index in [1.807, 2.05) is 25.1 Å². The fourth-order valence-electron chi connectivity index (χ4n) is 4.66. The summed E-state index contributed by atoms with van der Waals surface area (Å²) in [6, 6.07) is 16.8. The molecule has 1 aliphatic carbocycles. The second-order valence-electron chi connectivity index (χ2n) is 9.20. The Kier molecular flexibility index (Phi) is 7.57. The highest BCUT2D eigenvalue weighted by atomic mass is 32.2. The number of nitrogens with one attached hydrogen (secondary N) is 2. The van der Waals surface area contributed by atoms with Crippen molar-refractivity contribution < 1.29 is 23.1 Å². The first-order valence-electron chi connectivity index (χ1n) is 11.9. The molecule has 0 saturated heterocycles. The highest BCUT2D eigenvalue weighted by Gasteiger charge is 2.35. The second-order valence-corrected chi connectivity index (χ2v) is 11.0. The molecule has 1 aliphatic heterocycles. The van der Waals surface area contributed by atoms with Crippen molar-refractivity contribution in [2.75, 3.05) is 19.6 Å². The first kappa shape index (κ1) is 24.9. The van der Waals surface area contributed by atoms with Crippen LogP contribution in [0, 0.1) is 6.92 Å². The fourth-order valence-corrected chi connectivity index (χ4v) is 5.68. The molecule has 35 heavy (non-hydrogen) atoms. The van der Waals surface area contributed by atoms with Gasteiger partial charge in [-0.05, 0) is 56.2 Å². The molecule has 0 spiro atoms. The lowest BCUT2D eigenvalue weighted by atomic mass is 9.82. The van der Waals surface area contributed by atoms with E-state index < -0.39 is 27.6 Å². The molecule has 2 aliphatic rings. The number of aliphatic hydroxyl groups is 1. The van der Waals surface area contributed by atoms with Gasteiger partial charge >= 0.3 is 0 Å². The summed E-state index contributed by atoms with van der Waals surface area (Å²) in [7, 11) is -3.72. The van der Waals surface area contributed by atoms with Crippen LogP contribution in [-0.4, -0.2) is 55.9 Å². The lowest BCUT2D eigenvalue weighted by Crippen LogP contribution is -2.40. The maximum atomic E-state index is 12.8. The van der Waals surface area contributed by atoms with Gasteiger partial charge in [-0.2, -0.15) is 0 Å². The third-order valence-corrected chi connectivity index (χ3v) is 8.21. The van der Waals surface area contributed by atoms with Gasteiger partial charge in [-0.3, -0.25) is 9.59 Å². The molecule has 186 valence electrons. The van der Waals surface area contributed by atoms with E-state index in [0.717, 1.165) is 31.2 Å². The summed E-state index contributed by atoms with van der Waals surface area (Å²) in [6.45, 7) is 1.81. The summed E-state index contributed by atoms with van der Waals surface area (Å²) in [6.07, 6.45) is 3.59. The first-order chi connectivity index (χ1) is 16.7. The third kappa shape index (κ3) is 5.91. The van der Waals surface area contributed by atoms with Gasteiger partial charge in [-0.15, -0.1) is 0 Å². The summed E-state index contributed by atoms with van der Waals surface area (Å²) >= 11 is 0. The van der Waals surface area contributed by atoms with Crippen LogP contribution in [0.25, 0.3) is 0 Å². The van der Waals surface area contributed by atoms with Crippen molar-refractivity contribution in [1.29, 1.82) is 0 Å². The molecule has 2 aromatic rings. The maximum Gasteiger partial charge on any atom is 0.289 e. The summed E-state index contributed by atoms with van der Waals surface area (Å²) in [4.78, 5) is 26.6. The van der Waals surface area contributed by atoms with Crippen LogP contribution in [0.15, 0.2) is 70.8 Å². The summed E-state index contributed by atoms with van der Waals surface area (Å²) in [5.74, 6) is -1.20. The molecular formula is C26H31N3O5S. The van der Waals surface area contributed by atoms with Gasteiger partial charge in [0.15, 0.2) is 5.76 Å². The lowest BCUT2D eigenvalue weighted by Gasteiger charge is -2.29. The molecule has 0 atom stereocenters. The van der Waals surface area contributed by atoms with Crippen LogP contribution < -0.4 is 10.0 Å². The quantitative estimate of drug-likeness (QED) is 0.519. The Bertz CT molecular complexity index is 1200. The van der Waals surface area contributed by atoms with E-state index in [1.54, 1.807) is 12.1 Å². The number of aliphatic hydroxyl groups excluding tert-OH is 1. The Balaban J connectivity index is 1.26. The number of aryl methyl sites for hydroxylation is 1. The van der Waals surface area contributed by atoms with Crippen molar-refractivity contribution in [2.45, 2.75) is 49.5 Å². The number of nitrogens with zero attached hydrogens (tertiary/aromatic N) is 1. The Morgan fingerprint density at radius 2 is 1.69 bits per heavy atom. The van der Waals surface area contributed by atoms with Gasteiger partial charge in [-0.1, -0.05) is 48.0 Å². The number of hydrogen-bond donors (Lipinski definition) is 3. The summed E-state index contributed by atoms with van der Waals surface area (Å²) in [5, 5.41) is 13.2. The zero-order valence-corrected chi connectivity index (χ0v) is 20.6. The van der Waals surface area contributed by atoms with E-state index in [9.17, 15) is 23.1 Å². The Morgan fingerprint density at radius 3 is 2.34 bits per heavy atom. The van der Waals surface area contributed by atoms with Gasteiger partial charge in [0.25, 0.3) is 11.8 Å². The SMILES string of the molecule is Cc1ccc(S(=O)(=O)NCCN2CC(C(=O)N[C@H]3CC[C@@H](c4ccccc4)CC3)=C(O)C2=O)cc1. The topological polar surface area (TPSA) is 116 Å². The van der Waals surface area contributed by atoms with Crippen LogP contribution in [-0.2, 0) is 19.6 Å². The average molecular weight is 498 g/mol. The molecule has 0 unspecified atom stereocenters. The van der Waals surface area contributed by atoms with Crippen LogP contribution in [0.3, 0.4) is 0 Å². The highest BCUT2D eigenvalue weighted by Crippen LogP contribution is 2.33. The molecule has 9 heteroatoms. The molecule has 0 aromatic heterocycles. The number of sulfonamides is 1. The third-order valence-electron chi connectivity index (χ3n) is 6.74. The van der Waals surface area contributed by atoms with Crippen molar-refractivity contribution in [2.24, 2.45) is 0 Å². The molecule has 2 aromatic carbocycles. The van der Waals surface area contributed by atoms with Gasteiger partial charge in [-0.25, -0.2) is 13.1 Å². The van der Waals surface area contributed by atoms with Gasteiger partial charge in [0.05, 0.1) is 17.0 Å². The smallest absolute Gasteiger partial charge is 0.289 e. The molecule has 0 bridgehead atoms. The normalized spacial score (nSPS) is 20.8. The zero-order chi connectivity index (χ0) is 25.0. The summed E-state index contributed by atoms with van der Waals surface area (Å²) in [5.41, 5.74) is 2.29. The number of hydrogen-bond acceptors (Lipinski definition) is 5. The molecule has 2 amide bonds. The fraction of sp³-hybridized carbons (Fsp3) is 0.385. The zero-order valence-electron chi connectivity index (χ0n) is 19.7. The lowest BCUT2D eigenvalue weighted by molar-refractivity contribution is -0.127. The van der Waals surface area contributed by atoms with E-state index in [0.29, 0.717) is 5.92 Å². The van der Waals surface area contributed by atoms with E-state index in [2.05, 4.69) is 22.2 Å². The van der Waals surface area contributed by atoms with Crippen molar-refractivity contribution >= 4 is 21.8 Å². The Labute approximate surface area is 206 Å². The summed E-state index contributed by atoms with van der Waals surface area (Å²) < 4.78 is 27.3. The van der Waals surface area contributed by atoms with Crippen LogP contribution in [0.4, 0.5) is 0 Å². The highest BCUT2D eigenvalue weighted by molar-refractivity contribution is 7.89. The van der Waals surface area contributed by atoms with Crippen molar-refractivity contribution in [3.8, 4) is 0 Å². The van der Waals surface area contributed by atoms with E-state index >= 15 is 0 Å². The van der Waals surface area contributed by atoms with Crippen LogP contribution in [0.1, 0.15) is 42.7 Å². The predicted octanol–water partition coefficient (Wildman–Crippen LogP) is 2.77. The molecule has 1 saturated carbocycles. The van der Waals surface area contributed by atoms with Crippen molar-refractivity contribution in [3.05, 3.63) is 77.1 Å². The maximum absolute atomic E-state index is 12.8. The Hall–Kier alpha value is -3.17. The minimum absolute atomic E-state index is 0.00627. The molecule has 1 heterocycles. The first-order valence-corrected chi connectivity index (χ1v) is 13.4. The predicted molar refractivity (Wildman–Crippen MR) is 132 cm³/mol. The molecule has 0 radical (unpaired) electrons. The number of carbonyl (C=O) groups excluding carboxylic acids is 2. The van der Waals surface area contributed by atoms with Gasteiger partial charge in [0.1, 0.15) is 0 Å². The van der Waals surface area contributed by atoms with Gasteiger partial charge in [0.2, 0.25) is 10.0 Å². The number of amides is 2. The van der Waals surface area contributed by atoms with E-state index in [1.165, 1.54) is 22.6 Å². The number of carbonyl (C=O) groups is 2. The largest absolute Gasteiger partial charge is 0.503 e. The molecule has 3 N–H and O–H groups in total. The molecular weight excluding hydrogens is 466 g/mol. The number of benzene rings is 2. The van der Waals surface area contributed by atoms with Crippen molar-refractivity contribution in [3.63, 3.8) is 0 Å². The van der Waals surface area contributed by atoms with Crippen LogP contribution >= 0.6 is 0 Å². The number of rotatable bonds is 8. The minimum atomic E-state index is -3.72. The average Bonchev–Trinajstić information content (AvgIpc) is 3.14. The standard InChI is InChI=1S/C26H31N3O5S/c1-18-7-13-22(14-8-18)35(33,34)27-15-16-29-17-23(24(30)26(29)32)25(31)28-21-11-9-20(10-12-21)19-5-3-2-4-6-19/h2-8,13-14,20-21,27,30H,9-12,15-17H2,1H3,(H,28,31)/t20-,21+. The van der Waals surface area contributed by atoms with Crippen LogP contribution in [0.5, 0.6) is 0 Å². The van der Waals surface area contributed by atoms with Crippen molar-refractivity contribution in [1.82, 2.24) is 14.9 Å².